The van der Waals surface area contributed by atoms with Crippen LogP contribution in [0, 0.1) is 17.2 Å². The van der Waals surface area contributed by atoms with Gasteiger partial charge in [0.25, 0.3) is 0 Å². The van der Waals surface area contributed by atoms with E-state index < -0.39 is 5.54 Å². The number of hydrogen-bond donors (Lipinski definition) is 1. The summed E-state index contributed by atoms with van der Waals surface area (Å²) in [5.41, 5.74) is -0.418. The highest BCUT2D eigenvalue weighted by molar-refractivity contribution is 5.10. The van der Waals surface area contributed by atoms with Crippen LogP contribution in [-0.4, -0.2) is 37.5 Å². The maximum Gasteiger partial charge on any atom is 0.111 e. The molecule has 0 bridgehead atoms. The second-order valence-corrected chi connectivity index (χ2v) is 5.82. The predicted octanol–water partition coefficient (Wildman–Crippen LogP) is 1.85. The van der Waals surface area contributed by atoms with Crippen LogP contribution in [0.1, 0.15) is 39.5 Å². The number of nitriles is 1. The standard InChI is InChI=1S/C14H24N2O2/c1-11(2)13-8-14(10-15,5-7-18-13)16-9-12-4-3-6-17-12/h11-13,16H,3-9H2,1-2H3. The molecule has 18 heavy (non-hydrogen) atoms. The van der Waals surface area contributed by atoms with E-state index in [4.69, 9.17) is 9.47 Å². The molecule has 2 rings (SSSR count). The maximum atomic E-state index is 9.51. The molecule has 4 nitrogen and oxygen atoms in total. The summed E-state index contributed by atoms with van der Waals surface area (Å²) < 4.78 is 11.4. The first kappa shape index (κ1) is 13.8. The number of ether oxygens (including phenoxy) is 2. The molecule has 4 heteroatoms. The lowest BCUT2D eigenvalue weighted by molar-refractivity contribution is -0.0407. The summed E-state index contributed by atoms with van der Waals surface area (Å²) in [5, 5.41) is 13.0. The normalized spacial score (nSPS) is 36.8. The molecule has 0 aromatic heterocycles. The molecule has 0 saturated carbocycles. The minimum Gasteiger partial charge on any atom is -0.378 e. The van der Waals surface area contributed by atoms with Crippen molar-refractivity contribution in [2.24, 2.45) is 5.92 Å². The molecule has 1 N–H and O–H groups in total. The first-order valence-electron chi connectivity index (χ1n) is 7.05. The van der Waals surface area contributed by atoms with Gasteiger partial charge in [0.1, 0.15) is 5.54 Å². The molecular weight excluding hydrogens is 228 g/mol. The van der Waals surface area contributed by atoms with Crippen molar-refractivity contribution < 1.29 is 9.47 Å². The van der Waals surface area contributed by atoms with Crippen LogP contribution in [0.25, 0.3) is 0 Å². The number of nitrogens with zero attached hydrogens (tertiary/aromatic N) is 1. The van der Waals surface area contributed by atoms with E-state index in [1.54, 1.807) is 0 Å². The van der Waals surface area contributed by atoms with Crippen LogP contribution in [0.15, 0.2) is 0 Å². The van der Waals surface area contributed by atoms with E-state index >= 15 is 0 Å². The second-order valence-electron chi connectivity index (χ2n) is 5.82. The third kappa shape index (κ3) is 3.23. The Morgan fingerprint density at radius 2 is 2.22 bits per heavy atom. The molecule has 2 aliphatic heterocycles. The smallest absolute Gasteiger partial charge is 0.111 e. The van der Waals surface area contributed by atoms with Gasteiger partial charge in [-0.2, -0.15) is 5.26 Å². The Bertz CT molecular complexity index is 307. The van der Waals surface area contributed by atoms with Crippen LogP contribution in [0.3, 0.4) is 0 Å². The van der Waals surface area contributed by atoms with E-state index in [2.05, 4.69) is 25.2 Å². The van der Waals surface area contributed by atoms with Gasteiger partial charge < -0.3 is 9.47 Å². The number of nitrogens with one attached hydrogen (secondary N) is 1. The second kappa shape index (κ2) is 6.01. The average Bonchev–Trinajstić information content (AvgIpc) is 2.90. The van der Waals surface area contributed by atoms with Crippen LogP contribution in [-0.2, 0) is 9.47 Å². The number of rotatable bonds is 4. The van der Waals surface area contributed by atoms with Crippen molar-refractivity contribution in [3.8, 4) is 6.07 Å². The van der Waals surface area contributed by atoms with Gasteiger partial charge in [0, 0.05) is 32.6 Å². The van der Waals surface area contributed by atoms with E-state index in [9.17, 15) is 5.26 Å². The van der Waals surface area contributed by atoms with E-state index in [0.29, 0.717) is 12.5 Å². The number of hydrogen-bond acceptors (Lipinski definition) is 4. The van der Waals surface area contributed by atoms with Crippen molar-refractivity contribution in [3.05, 3.63) is 0 Å². The highest BCUT2D eigenvalue weighted by Crippen LogP contribution is 2.28. The molecule has 2 aliphatic rings. The Balaban J connectivity index is 1.90. The summed E-state index contributed by atoms with van der Waals surface area (Å²) in [7, 11) is 0. The molecule has 0 spiro atoms. The van der Waals surface area contributed by atoms with Crippen molar-refractivity contribution >= 4 is 0 Å². The highest BCUT2D eigenvalue weighted by atomic mass is 16.5. The van der Waals surface area contributed by atoms with Crippen molar-refractivity contribution in [2.75, 3.05) is 19.8 Å². The summed E-state index contributed by atoms with van der Waals surface area (Å²) in [4.78, 5) is 0. The summed E-state index contributed by atoms with van der Waals surface area (Å²) in [6.45, 7) is 6.63. The highest BCUT2D eigenvalue weighted by Gasteiger charge is 2.38. The quantitative estimate of drug-likeness (QED) is 0.829. The zero-order chi connectivity index (χ0) is 13.0. The first-order valence-corrected chi connectivity index (χ1v) is 7.05. The van der Waals surface area contributed by atoms with Crippen LogP contribution in [0.4, 0.5) is 0 Å². The topological polar surface area (TPSA) is 54.3 Å². The molecule has 3 atom stereocenters. The van der Waals surface area contributed by atoms with Gasteiger partial charge in [-0.3, -0.25) is 5.32 Å². The minimum absolute atomic E-state index is 0.190. The Hall–Kier alpha value is -0.630. The van der Waals surface area contributed by atoms with Gasteiger partial charge in [0.15, 0.2) is 0 Å². The van der Waals surface area contributed by atoms with Crippen molar-refractivity contribution in [1.82, 2.24) is 5.32 Å². The molecule has 2 fully saturated rings. The molecule has 3 unspecified atom stereocenters. The Labute approximate surface area is 110 Å². The Morgan fingerprint density at radius 1 is 1.39 bits per heavy atom. The van der Waals surface area contributed by atoms with Crippen LogP contribution in [0.5, 0.6) is 0 Å². The lowest BCUT2D eigenvalue weighted by Gasteiger charge is -2.38. The summed E-state index contributed by atoms with van der Waals surface area (Å²) in [6.07, 6.45) is 4.29. The Morgan fingerprint density at radius 3 is 2.83 bits per heavy atom. The van der Waals surface area contributed by atoms with E-state index in [1.165, 1.54) is 0 Å². The minimum atomic E-state index is -0.418. The largest absolute Gasteiger partial charge is 0.378 e. The predicted molar refractivity (Wildman–Crippen MR) is 69.1 cm³/mol. The molecule has 0 aliphatic carbocycles. The average molecular weight is 252 g/mol. The van der Waals surface area contributed by atoms with Gasteiger partial charge in [0.05, 0.1) is 18.3 Å². The van der Waals surface area contributed by atoms with Gasteiger partial charge in [-0.05, 0) is 18.8 Å². The van der Waals surface area contributed by atoms with Gasteiger partial charge in [-0.15, -0.1) is 0 Å². The van der Waals surface area contributed by atoms with Crippen molar-refractivity contribution in [2.45, 2.75) is 57.3 Å². The van der Waals surface area contributed by atoms with E-state index in [-0.39, 0.29) is 12.2 Å². The fraction of sp³-hybridized carbons (Fsp3) is 0.929. The summed E-state index contributed by atoms with van der Waals surface area (Å²) in [5.74, 6) is 0.461. The maximum absolute atomic E-state index is 9.51. The van der Waals surface area contributed by atoms with Crippen LogP contribution < -0.4 is 5.32 Å². The molecule has 2 heterocycles. The monoisotopic (exact) mass is 252 g/mol. The lowest BCUT2D eigenvalue weighted by atomic mass is 9.84. The first-order chi connectivity index (χ1) is 8.65. The summed E-state index contributed by atoms with van der Waals surface area (Å²) >= 11 is 0. The van der Waals surface area contributed by atoms with E-state index in [0.717, 1.165) is 38.8 Å². The van der Waals surface area contributed by atoms with E-state index in [1.807, 2.05) is 0 Å². The molecule has 2 saturated heterocycles. The fourth-order valence-corrected chi connectivity index (χ4v) is 2.73. The third-order valence-corrected chi connectivity index (χ3v) is 4.06. The van der Waals surface area contributed by atoms with Crippen LogP contribution in [0.2, 0.25) is 0 Å². The fourth-order valence-electron chi connectivity index (χ4n) is 2.73. The lowest BCUT2D eigenvalue weighted by Crippen LogP contribution is -2.53. The Kier molecular flexibility index (Phi) is 4.60. The SMILES string of the molecule is CC(C)C1CC(C#N)(NCC2CCCO2)CCO1. The molecular formula is C14H24N2O2. The molecule has 0 aromatic carbocycles. The van der Waals surface area contributed by atoms with Gasteiger partial charge in [0.2, 0.25) is 0 Å². The van der Waals surface area contributed by atoms with Crippen molar-refractivity contribution in [3.63, 3.8) is 0 Å². The molecule has 0 aromatic rings. The molecule has 102 valence electrons. The van der Waals surface area contributed by atoms with Crippen molar-refractivity contribution in [1.29, 1.82) is 5.26 Å². The van der Waals surface area contributed by atoms with Gasteiger partial charge in [-0.1, -0.05) is 13.8 Å². The zero-order valence-electron chi connectivity index (χ0n) is 11.4. The summed E-state index contributed by atoms with van der Waals surface area (Å²) in [6, 6.07) is 2.48. The van der Waals surface area contributed by atoms with Crippen LogP contribution >= 0.6 is 0 Å². The zero-order valence-corrected chi connectivity index (χ0v) is 11.4. The van der Waals surface area contributed by atoms with Gasteiger partial charge in [-0.25, -0.2) is 0 Å². The molecule has 0 radical (unpaired) electrons. The third-order valence-electron chi connectivity index (χ3n) is 4.06. The van der Waals surface area contributed by atoms with Gasteiger partial charge >= 0.3 is 0 Å². The molecule has 0 amide bonds.